The van der Waals surface area contributed by atoms with Crippen LogP contribution in [0.5, 0.6) is 5.75 Å². The first kappa shape index (κ1) is 17.8. The van der Waals surface area contributed by atoms with Crippen molar-refractivity contribution in [3.63, 3.8) is 0 Å². The molecule has 0 saturated carbocycles. The first-order valence-electron chi connectivity index (χ1n) is 8.38. The molecule has 1 atom stereocenters. The van der Waals surface area contributed by atoms with E-state index in [1.807, 2.05) is 74.5 Å². The zero-order valence-corrected chi connectivity index (χ0v) is 14.5. The number of benzene rings is 2. The number of rotatable bonds is 7. The van der Waals surface area contributed by atoms with Crippen LogP contribution in [0.25, 0.3) is 6.08 Å². The second kappa shape index (κ2) is 8.92. The van der Waals surface area contributed by atoms with Crippen LogP contribution in [0.2, 0.25) is 0 Å². The number of carbonyl (C=O) groups excluding carboxylic acids is 1. The van der Waals surface area contributed by atoms with Gasteiger partial charge in [-0.05, 0) is 49.6 Å². The molecule has 0 aliphatic rings. The number of ether oxygens (including phenoxy) is 1. The molecular weight excluding hydrogens is 298 g/mol. The number of nitrogens with one attached hydrogen (secondary N) is 1. The molecule has 3 nitrogen and oxygen atoms in total. The maximum atomic E-state index is 12.1. The third kappa shape index (κ3) is 5.58. The van der Waals surface area contributed by atoms with Crippen molar-refractivity contribution in [1.29, 1.82) is 0 Å². The predicted octanol–water partition coefficient (Wildman–Crippen LogP) is 4.75. The van der Waals surface area contributed by atoms with Crippen LogP contribution in [-0.4, -0.2) is 12.0 Å². The van der Waals surface area contributed by atoms with Gasteiger partial charge in [-0.2, -0.15) is 0 Å². The van der Waals surface area contributed by atoms with E-state index < -0.39 is 0 Å². The molecule has 0 aromatic heterocycles. The molecular formula is C21H25NO2. The summed E-state index contributed by atoms with van der Waals surface area (Å²) in [5.74, 6) is 0.745. The summed E-state index contributed by atoms with van der Waals surface area (Å²) in [5.41, 5.74) is 2.09. The van der Waals surface area contributed by atoms with Crippen LogP contribution in [0.4, 0.5) is 0 Å². The van der Waals surface area contributed by atoms with Gasteiger partial charge in [0, 0.05) is 6.08 Å². The average molecular weight is 323 g/mol. The monoisotopic (exact) mass is 323 g/mol. The zero-order valence-electron chi connectivity index (χ0n) is 14.5. The molecule has 1 amide bonds. The van der Waals surface area contributed by atoms with Crippen LogP contribution in [0, 0.1) is 0 Å². The largest absolute Gasteiger partial charge is 0.491 e. The fourth-order valence-electron chi connectivity index (χ4n) is 2.43. The van der Waals surface area contributed by atoms with E-state index in [2.05, 4.69) is 12.2 Å². The summed E-state index contributed by atoms with van der Waals surface area (Å²) >= 11 is 0. The Morgan fingerprint density at radius 2 is 1.75 bits per heavy atom. The first-order valence-corrected chi connectivity index (χ1v) is 8.38. The lowest BCUT2D eigenvalue weighted by Gasteiger charge is -2.16. The SMILES string of the molecule is CCC(NC(=O)/C=C\c1ccc(OC(C)C)cc1)c1ccccc1. The minimum Gasteiger partial charge on any atom is -0.491 e. The third-order valence-corrected chi connectivity index (χ3v) is 3.61. The van der Waals surface area contributed by atoms with Gasteiger partial charge in [0.15, 0.2) is 0 Å². The molecule has 24 heavy (non-hydrogen) atoms. The lowest BCUT2D eigenvalue weighted by Crippen LogP contribution is -2.26. The summed E-state index contributed by atoms with van der Waals surface area (Å²) in [4.78, 5) is 12.1. The van der Waals surface area contributed by atoms with Gasteiger partial charge in [0.1, 0.15) is 5.75 Å². The van der Waals surface area contributed by atoms with E-state index in [1.165, 1.54) is 0 Å². The minimum absolute atomic E-state index is 0.0326. The van der Waals surface area contributed by atoms with E-state index >= 15 is 0 Å². The number of hydrogen-bond acceptors (Lipinski definition) is 2. The predicted molar refractivity (Wildman–Crippen MR) is 98.9 cm³/mol. The van der Waals surface area contributed by atoms with Crippen LogP contribution >= 0.6 is 0 Å². The van der Waals surface area contributed by atoms with Gasteiger partial charge in [-0.1, -0.05) is 49.4 Å². The summed E-state index contributed by atoms with van der Waals surface area (Å²) in [5, 5.41) is 3.04. The maximum absolute atomic E-state index is 12.1. The van der Waals surface area contributed by atoms with Crippen molar-refractivity contribution < 1.29 is 9.53 Å². The maximum Gasteiger partial charge on any atom is 0.244 e. The molecule has 1 N–H and O–H groups in total. The Labute approximate surface area is 144 Å². The van der Waals surface area contributed by atoms with Crippen LogP contribution in [0.3, 0.4) is 0 Å². The lowest BCUT2D eigenvalue weighted by atomic mass is 10.0. The zero-order chi connectivity index (χ0) is 17.4. The highest BCUT2D eigenvalue weighted by atomic mass is 16.5. The average Bonchev–Trinajstić information content (AvgIpc) is 2.59. The second-order valence-electron chi connectivity index (χ2n) is 5.95. The molecule has 2 rings (SSSR count). The Morgan fingerprint density at radius 1 is 1.08 bits per heavy atom. The smallest absolute Gasteiger partial charge is 0.244 e. The first-order chi connectivity index (χ1) is 11.6. The van der Waals surface area contributed by atoms with Crippen molar-refractivity contribution in [2.75, 3.05) is 0 Å². The van der Waals surface area contributed by atoms with Gasteiger partial charge in [-0.3, -0.25) is 4.79 Å². The van der Waals surface area contributed by atoms with E-state index in [1.54, 1.807) is 6.08 Å². The second-order valence-corrected chi connectivity index (χ2v) is 5.95. The summed E-state index contributed by atoms with van der Waals surface area (Å²) in [6, 6.07) is 17.8. The standard InChI is InChI=1S/C21H25NO2/c1-4-20(18-8-6-5-7-9-18)22-21(23)15-12-17-10-13-19(14-11-17)24-16(2)3/h5-16,20H,4H2,1-3H3,(H,22,23)/b15-12-. The van der Waals surface area contributed by atoms with Crippen molar-refractivity contribution in [3.8, 4) is 5.75 Å². The van der Waals surface area contributed by atoms with Crippen LogP contribution < -0.4 is 10.1 Å². The topological polar surface area (TPSA) is 38.3 Å². The van der Waals surface area contributed by atoms with Gasteiger partial charge in [0.2, 0.25) is 5.91 Å². The van der Waals surface area contributed by atoms with Crippen molar-refractivity contribution in [1.82, 2.24) is 5.32 Å². The van der Waals surface area contributed by atoms with Gasteiger partial charge in [-0.25, -0.2) is 0 Å². The minimum atomic E-state index is -0.0896. The summed E-state index contributed by atoms with van der Waals surface area (Å²) in [6.07, 6.45) is 4.39. The Hall–Kier alpha value is -2.55. The molecule has 0 radical (unpaired) electrons. The van der Waals surface area contributed by atoms with Crippen LogP contribution in [0.1, 0.15) is 44.4 Å². The van der Waals surface area contributed by atoms with Crippen LogP contribution in [-0.2, 0) is 4.79 Å². The Bertz CT molecular complexity index is 660. The van der Waals surface area contributed by atoms with Crippen molar-refractivity contribution in [2.45, 2.75) is 39.3 Å². The van der Waals surface area contributed by atoms with Gasteiger partial charge in [-0.15, -0.1) is 0 Å². The van der Waals surface area contributed by atoms with Gasteiger partial charge >= 0.3 is 0 Å². The normalized spacial score (nSPS) is 12.3. The Balaban J connectivity index is 1.94. The molecule has 0 fully saturated rings. The molecule has 0 aliphatic carbocycles. The number of amides is 1. The summed E-state index contributed by atoms with van der Waals surface area (Å²) in [7, 11) is 0. The van der Waals surface area contributed by atoms with E-state index in [9.17, 15) is 4.79 Å². The molecule has 0 heterocycles. The Morgan fingerprint density at radius 3 is 2.33 bits per heavy atom. The fourth-order valence-corrected chi connectivity index (χ4v) is 2.43. The fraction of sp³-hybridized carbons (Fsp3) is 0.286. The lowest BCUT2D eigenvalue weighted by molar-refractivity contribution is -0.117. The molecule has 2 aromatic carbocycles. The molecule has 0 spiro atoms. The molecule has 0 aliphatic heterocycles. The molecule has 126 valence electrons. The van der Waals surface area contributed by atoms with E-state index in [-0.39, 0.29) is 18.1 Å². The van der Waals surface area contributed by atoms with Crippen molar-refractivity contribution in [3.05, 3.63) is 71.8 Å². The van der Waals surface area contributed by atoms with E-state index in [0.29, 0.717) is 0 Å². The van der Waals surface area contributed by atoms with E-state index in [0.717, 1.165) is 23.3 Å². The quantitative estimate of drug-likeness (QED) is 0.746. The van der Waals surface area contributed by atoms with Gasteiger partial charge in [0.05, 0.1) is 12.1 Å². The molecule has 3 heteroatoms. The summed E-state index contributed by atoms with van der Waals surface area (Å²) in [6.45, 7) is 6.05. The van der Waals surface area contributed by atoms with Crippen LogP contribution in [0.15, 0.2) is 60.7 Å². The highest BCUT2D eigenvalue weighted by molar-refractivity contribution is 5.92. The van der Waals surface area contributed by atoms with Crippen molar-refractivity contribution in [2.24, 2.45) is 0 Å². The number of hydrogen-bond donors (Lipinski definition) is 1. The summed E-state index contributed by atoms with van der Waals surface area (Å²) < 4.78 is 5.61. The van der Waals surface area contributed by atoms with Gasteiger partial charge in [0.25, 0.3) is 0 Å². The molecule has 1 unspecified atom stereocenters. The highest BCUT2D eigenvalue weighted by Gasteiger charge is 2.10. The third-order valence-electron chi connectivity index (χ3n) is 3.61. The van der Waals surface area contributed by atoms with Crippen molar-refractivity contribution >= 4 is 12.0 Å². The number of carbonyl (C=O) groups is 1. The highest BCUT2D eigenvalue weighted by Crippen LogP contribution is 2.17. The van der Waals surface area contributed by atoms with Gasteiger partial charge < -0.3 is 10.1 Å². The van der Waals surface area contributed by atoms with E-state index in [4.69, 9.17) is 4.74 Å². The Kier molecular flexibility index (Phi) is 6.62. The molecule has 0 bridgehead atoms. The molecule has 0 saturated heterocycles. The molecule has 2 aromatic rings.